The fraction of sp³-hybridized carbons (Fsp3) is 0.826. The lowest BCUT2D eigenvalue weighted by Gasteiger charge is -2.57. The van der Waals surface area contributed by atoms with Crippen LogP contribution in [-0.2, 0) is 0 Å². The topological polar surface area (TPSA) is 0 Å². The van der Waals surface area contributed by atoms with Gasteiger partial charge < -0.3 is 4.48 Å². The second kappa shape index (κ2) is 8.70. The van der Waals surface area contributed by atoms with Gasteiger partial charge >= 0.3 is 0 Å². The van der Waals surface area contributed by atoms with E-state index in [0.717, 1.165) is 4.48 Å². The van der Waals surface area contributed by atoms with Gasteiger partial charge in [-0.25, -0.2) is 0 Å². The number of nitrogens with zero attached hydrogens (tertiary/aromatic N) is 1. The molecule has 1 nitrogen and oxygen atoms in total. The molecule has 140 valence electrons. The molecule has 0 radical (unpaired) electrons. The maximum atomic E-state index is 2.48. The van der Waals surface area contributed by atoms with Crippen molar-refractivity contribution in [2.75, 3.05) is 20.6 Å². The quantitative estimate of drug-likeness (QED) is 0.402. The molecule has 0 fully saturated rings. The average molecular weight is 335 g/mol. The van der Waals surface area contributed by atoms with Crippen molar-refractivity contribution in [1.29, 1.82) is 0 Å². The minimum atomic E-state index is 0.284. The third-order valence-corrected chi connectivity index (χ3v) is 7.14. The number of allylic oxidation sites excluding steroid dienone is 2. The van der Waals surface area contributed by atoms with E-state index in [4.69, 9.17) is 0 Å². The first kappa shape index (κ1) is 21.5. The highest BCUT2D eigenvalue weighted by atomic mass is 15.4. The van der Waals surface area contributed by atoms with Gasteiger partial charge in [0.15, 0.2) is 0 Å². The van der Waals surface area contributed by atoms with E-state index in [1.165, 1.54) is 51.5 Å². The van der Waals surface area contributed by atoms with Crippen LogP contribution in [0.1, 0.15) is 93.4 Å². The summed E-state index contributed by atoms with van der Waals surface area (Å²) in [6.07, 6.45) is 8.84. The van der Waals surface area contributed by atoms with Crippen LogP contribution in [0.25, 0.3) is 0 Å². The molecular formula is C23H44N+. The number of rotatable bonds is 9. The van der Waals surface area contributed by atoms with E-state index in [9.17, 15) is 0 Å². The van der Waals surface area contributed by atoms with Crippen LogP contribution in [0.2, 0.25) is 0 Å². The molecule has 1 rings (SSSR count). The van der Waals surface area contributed by atoms with Crippen molar-refractivity contribution >= 4 is 0 Å². The van der Waals surface area contributed by atoms with E-state index in [0.29, 0.717) is 5.92 Å². The number of hydrogen-bond donors (Lipinski definition) is 0. The van der Waals surface area contributed by atoms with Gasteiger partial charge in [-0.05, 0) is 62.7 Å². The number of hydrogen-bond acceptors (Lipinski definition) is 0. The molecule has 0 saturated heterocycles. The molecule has 0 amide bonds. The second-order valence-corrected chi connectivity index (χ2v) is 8.16. The molecule has 0 saturated carbocycles. The molecule has 0 N–H and O–H groups in total. The lowest BCUT2D eigenvalue weighted by atomic mass is 9.60. The smallest absolute Gasteiger partial charge is 0.127 e. The minimum Gasteiger partial charge on any atom is -0.320 e. The van der Waals surface area contributed by atoms with Crippen molar-refractivity contribution in [2.24, 2.45) is 5.92 Å². The monoisotopic (exact) mass is 334 g/mol. The Bertz CT molecular complexity index is 480. The molecule has 2 atom stereocenters. The van der Waals surface area contributed by atoms with Crippen LogP contribution in [0.15, 0.2) is 22.3 Å². The second-order valence-electron chi connectivity index (χ2n) is 8.16. The Hall–Kier alpha value is -0.560. The fourth-order valence-electron chi connectivity index (χ4n) is 5.71. The first-order valence-corrected chi connectivity index (χ1v) is 10.6. The fourth-order valence-corrected chi connectivity index (χ4v) is 5.71. The van der Waals surface area contributed by atoms with Crippen molar-refractivity contribution in [3.63, 3.8) is 0 Å². The van der Waals surface area contributed by atoms with Crippen molar-refractivity contribution in [3.05, 3.63) is 22.3 Å². The van der Waals surface area contributed by atoms with Crippen LogP contribution in [0.3, 0.4) is 0 Å². The summed E-state index contributed by atoms with van der Waals surface area (Å²) in [5.41, 5.74) is 7.18. The molecule has 0 aromatic rings. The normalized spacial score (nSPS) is 25.6. The van der Waals surface area contributed by atoms with E-state index >= 15 is 0 Å². The van der Waals surface area contributed by atoms with E-state index in [1.54, 1.807) is 22.3 Å². The molecule has 24 heavy (non-hydrogen) atoms. The molecule has 0 aliphatic heterocycles. The molecular weight excluding hydrogens is 290 g/mol. The van der Waals surface area contributed by atoms with Gasteiger partial charge in [-0.1, -0.05) is 46.6 Å². The van der Waals surface area contributed by atoms with Gasteiger partial charge in [0.1, 0.15) is 5.54 Å². The summed E-state index contributed by atoms with van der Waals surface area (Å²) in [4.78, 5) is 0. The van der Waals surface area contributed by atoms with Crippen LogP contribution < -0.4 is 0 Å². The zero-order chi connectivity index (χ0) is 18.5. The number of likely N-dealkylation sites (N-methyl/N-ethyl adjacent to an activating group) is 1. The summed E-state index contributed by atoms with van der Waals surface area (Å²) in [5, 5.41) is 0. The van der Waals surface area contributed by atoms with Gasteiger partial charge in [-0.2, -0.15) is 0 Å². The summed E-state index contributed by atoms with van der Waals surface area (Å²) in [5.74, 6) is 0.703. The van der Waals surface area contributed by atoms with Crippen LogP contribution >= 0.6 is 0 Å². The predicted octanol–water partition coefficient (Wildman–Crippen LogP) is 6.89. The third-order valence-electron chi connectivity index (χ3n) is 7.14. The predicted molar refractivity (Wildman–Crippen MR) is 109 cm³/mol. The standard InChI is InChI=1S/C23H44N/c1-10-16-17-20-18(7)19(11-2)21(12-3)23(14-5,22(20)13-4)24(8,9)15-6/h22H,10-17H2,1-9H3/q+1. The third kappa shape index (κ3) is 3.26. The zero-order valence-electron chi connectivity index (χ0n) is 18.2. The minimum absolute atomic E-state index is 0.284. The van der Waals surface area contributed by atoms with Crippen LogP contribution in [0, 0.1) is 5.92 Å². The van der Waals surface area contributed by atoms with Gasteiger partial charge in [-0.15, -0.1) is 0 Å². The largest absolute Gasteiger partial charge is 0.320 e. The van der Waals surface area contributed by atoms with Crippen molar-refractivity contribution in [1.82, 2.24) is 0 Å². The maximum Gasteiger partial charge on any atom is 0.127 e. The van der Waals surface area contributed by atoms with Crippen LogP contribution in [0.5, 0.6) is 0 Å². The van der Waals surface area contributed by atoms with Gasteiger partial charge in [-0.3, -0.25) is 0 Å². The van der Waals surface area contributed by atoms with Crippen molar-refractivity contribution < 1.29 is 4.48 Å². The Morgan fingerprint density at radius 1 is 0.958 bits per heavy atom. The highest BCUT2D eigenvalue weighted by molar-refractivity contribution is 5.48. The zero-order valence-corrected chi connectivity index (χ0v) is 18.2. The number of quaternary nitrogens is 1. The maximum absolute atomic E-state index is 2.48. The lowest BCUT2D eigenvalue weighted by Crippen LogP contribution is -2.65. The van der Waals surface area contributed by atoms with E-state index in [1.807, 2.05) is 0 Å². The van der Waals surface area contributed by atoms with Crippen LogP contribution in [0.4, 0.5) is 0 Å². The Balaban J connectivity index is 3.75. The first-order valence-electron chi connectivity index (χ1n) is 10.6. The van der Waals surface area contributed by atoms with Crippen molar-refractivity contribution in [3.8, 4) is 0 Å². The summed E-state index contributed by atoms with van der Waals surface area (Å²) in [6, 6.07) is 0. The highest BCUT2D eigenvalue weighted by Crippen LogP contribution is 2.53. The Kier molecular flexibility index (Phi) is 7.78. The summed E-state index contributed by atoms with van der Waals surface area (Å²) in [7, 11) is 4.96. The van der Waals surface area contributed by atoms with Crippen molar-refractivity contribution in [2.45, 2.75) is 99.0 Å². The Morgan fingerprint density at radius 3 is 1.96 bits per heavy atom. The summed E-state index contributed by atoms with van der Waals surface area (Å²) >= 11 is 0. The molecule has 0 aromatic heterocycles. The Morgan fingerprint density at radius 2 is 1.58 bits per heavy atom. The molecule has 0 aromatic carbocycles. The molecule has 0 spiro atoms. The van der Waals surface area contributed by atoms with E-state index in [-0.39, 0.29) is 5.54 Å². The summed E-state index contributed by atoms with van der Waals surface area (Å²) in [6.45, 7) is 17.9. The lowest BCUT2D eigenvalue weighted by molar-refractivity contribution is -0.938. The van der Waals surface area contributed by atoms with Gasteiger partial charge in [0, 0.05) is 12.3 Å². The molecule has 1 aliphatic rings. The molecule has 0 bridgehead atoms. The molecule has 2 unspecified atom stereocenters. The van der Waals surface area contributed by atoms with E-state index in [2.05, 4.69) is 62.6 Å². The Labute approximate surface area is 152 Å². The molecule has 1 heteroatoms. The number of unbranched alkanes of at least 4 members (excludes halogenated alkanes) is 1. The SMILES string of the molecule is CCCCC1=C(C)C(CC)=C(CC)C(CC)([N+](C)(C)CC)C1CC. The molecule has 0 heterocycles. The van der Waals surface area contributed by atoms with Gasteiger partial charge in [0.25, 0.3) is 0 Å². The average Bonchev–Trinajstić information content (AvgIpc) is 2.59. The highest BCUT2D eigenvalue weighted by Gasteiger charge is 2.54. The molecule has 1 aliphatic carbocycles. The van der Waals surface area contributed by atoms with E-state index < -0.39 is 0 Å². The van der Waals surface area contributed by atoms with Gasteiger partial charge in [0.05, 0.1) is 20.6 Å². The summed E-state index contributed by atoms with van der Waals surface area (Å²) < 4.78 is 1.12. The van der Waals surface area contributed by atoms with Crippen LogP contribution in [-0.4, -0.2) is 30.7 Å². The van der Waals surface area contributed by atoms with Gasteiger partial charge in [0.2, 0.25) is 0 Å². The first-order chi connectivity index (χ1) is 11.3.